The van der Waals surface area contributed by atoms with Crippen LogP contribution in [0, 0.1) is 13.8 Å². The Morgan fingerprint density at radius 3 is 0.836 bits per heavy atom. The van der Waals surface area contributed by atoms with Crippen molar-refractivity contribution in [3.63, 3.8) is 0 Å². The molecule has 1 aliphatic rings. The zero-order valence-corrected chi connectivity index (χ0v) is 38.9. The van der Waals surface area contributed by atoms with Gasteiger partial charge in [0.05, 0.1) is 0 Å². The number of rotatable bonds is 26. The first-order valence-electron chi connectivity index (χ1n) is 23.1. The molecule has 0 spiro atoms. The van der Waals surface area contributed by atoms with Gasteiger partial charge in [-0.3, -0.25) is 0 Å². The molecule has 0 aromatic heterocycles. The Morgan fingerprint density at radius 1 is 0.382 bits per heavy atom. The van der Waals surface area contributed by atoms with Crippen LogP contribution in [-0.2, 0) is 55.0 Å². The number of nitrogens with zero attached hydrogens (tertiary/aromatic N) is 2. The summed E-state index contributed by atoms with van der Waals surface area (Å²) < 4.78 is 1.69. The van der Waals surface area contributed by atoms with Gasteiger partial charge in [0.15, 0.2) is 0 Å². The Kier molecular flexibility index (Phi) is 30.9. The first-order chi connectivity index (χ1) is 26.4. The van der Waals surface area contributed by atoms with E-state index in [2.05, 4.69) is 93.5 Å². The molecule has 2 aromatic carbocycles. The zero-order chi connectivity index (χ0) is 40.3. The van der Waals surface area contributed by atoms with Gasteiger partial charge in [-0.25, -0.2) is 4.70 Å². The maximum absolute atomic E-state index is 12.7. The van der Waals surface area contributed by atoms with Crippen molar-refractivity contribution >= 4 is 11.4 Å². The molecule has 0 saturated heterocycles. The number of hydrogen-bond acceptors (Lipinski definition) is 0. The summed E-state index contributed by atoms with van der Waals surface area (Å²) >= 11 is 0. The van der Waals surface area contributed by atoms with Gasteiger partial charge in [-0.05, 0) is 160 Å². The second kappa shape index (κ2) is 32.0. The third-order valence-electron chi connectivity index (χ3n) is 11.1. The standard InChI is InChI=1S/C48H76N2.2C2H5.Ni/c1-9-17-25-37-33-41(34-38(26-18-10-2)43(37)29-21-13-5)47-45(31-23-15-7)46(32-24-16-8)48(50(47)49)42-35-39(27-19-11-3)44(30-22-14-6)40(36-42)28-20-12-4;2*1-2;/h33-36H,9-32H2,1-8H3;2*1H2,2H3;/q;2*-1;+2. The molecule has 0 aliphatic carbocycles. The average molecular weight is 798 g/mol. The fourth-order valence-electron chi connectivity index (χ4n) is 8.07. The molecule has 3 rings (SSSR count). The average Bonchev–Trinajstić information content (AvgIpc) is 3.48. The van der Waals surface area contributed by atoms with E-state index in [-0.39, 0.29) is 16.5 Å². The zero-order valence-electron chi connectivity index (χ0n) is 37.9. The Bertz CT molecular complexity index is 1250. The van der Waals surface area contributed by atoms with Crippen molar-refractivity contribution in [2.45, 2.75) is 223 Å². The topological polar surface area (TPSA) is 25.3 Å². The number of aryl methyl sites for hydroxylation is 4. The van der Waals surface area contributed by atoms with E-state index in [0.29, 0.717) is 0 Å². The molecule has 0 atom stereocenters. The van der Waals surface area contributed by atoms with Gasteiger partial charge >= 0.3 is 16.5 Å². The van der Waals surface area contributed by atoms with Gasteiger partial charge in [0.1, 0.15) is 0 Å². The molecule has 55 heavy (non-hydrogen) atoms. The second-order valence-electron chi connectivity index (χ2n) is 15.3. The van der Waals surface area contributed by atoms with Crippen molar-refractivity contribution in [3.05, 3.63) is 99.3 Å². The van der Waals surface area contributed by atoms with E-state index in [9.17, 15) is 5.53 Å². The second-order valence-corrected chi connectivity index (χ2v) is 15.3. The largest absolute Gasteiger partial charge is 2.00 e. The van der Waals surface area contributed by atoms with E-state index >= 15 is 0 Å². The van der Waals surface area contributed by atoms with Crippen LogP contribution in [0.2, 0.25) is 0 Å². The molecule has 0 saturated carbocycles. The summed E-state index contributed by atoms with van der Waals surface area (Å²) in [6.45, 7) is 28.5. The van der Waals surface area contributed by atoms with Crippen molar-refractivity contribution in [2.24, 2.45) is 0 Å². The van der Waals surface area contributed by atoms with Crippen LogP contribution in [-0.4, -0.2) is 4.70 Å². The summed E-state index contributed by atoms with van der Waals surface area (Å²) in [4.78, 5) is 0. The maximum Gasteiger partial charge on any atom is 2.00 e. The molecule has 0 N–H and O–H groups in total. The minimum atomic E-state index is 0. The Morgan fingerprint density at radius 2 is 0.600 bits per heavy atom. The Hall–Kier alpha value is -1.99. The van der Waals surface area contributed by atoms with E-state index in [1.54, 1.807) is 29.7 Å². The van der Waals surface area contributed by atoms with Crippen molar-refractivity contribution in [1.29, 1.82) is 0 Å². The molecule has 0 radical (unpaired) electrons. The van der Waals surface area contributed by atoms with Gasteiger partial charge < -0.3 is 19.4 Å². The first-order valence-corrected chi connectivity index (χ1v) is 23.1. The van der Waals surface area contributed by atoms with Crippen LogP contribution in [0.3, 0.4) is 0 Å². The quantitative estimate of drug-likeness (QED) is 0.0515. The van der Waals surface area contributed by atoms with Crippen LogP contribution in [0.1, 0.15) is 229 Å². The molecule has 314 valence electrons. The van der Waals surface area contributed by atoms with Crippen LogP contribution >= 0.6 is 0 Å². The molecule has 1 heterocycles. The molecule has 2 nitrogen and oxygen atoms in total. The fraction of sp³-hybridized carbons (Fsp3) is 0.654. The number of hydrogen-bond donors (Lipinski definition) is 0. The van der Waals surface area contributed by atoms with Gasteiger partial charge in [-0.15, -0.1) is 0 Å². The van der Waals surface area contributed by atoms with E-state index in [0.717, 1.165) is 75.6 Å². The number of unbranched alkanes of at least 4 members (excludes halogenated alkanes) is 8. The van der Waals surface area contributed by atoms with Crippen molar-refractivity contribution in [1.82, 2.24) is 0 Å². The number of allylic oxidation sites excluding steroid dienone is 2. The van der Waals surface area contributed by atoms with Crippen LogP contribution in [0.5, 0.6) is 0 Å². The minimum Gasteiger partial charge on any atom is -0.493 e. The Balaban J connectivity index is 0.00000564. The van der Waals surface area contributed by atoms with Crippen LogP contribution in [0.4, 0.5) is 0 Å². The summed E-state index contributed by atoms with van der Waals surface area (Å²) in [7, 11) is 0. The van der Waals surface area contributed by atoms with Gasteiger partial charge in [0.2, 0.25) is 11.4 Å². The Labute approximate surface area is 353 Å². The van der Waals surface area contributed by atoms with Crippen LogP contribution < -0.4 is 0 Å². The monoisotopic (exact) mass is 797 g/mol. The van der Waals surface area contributed by atoms with Crippen molar-refractivity contribution in [3.8, 4) is 0 Å². The van der Waals surface area contributed by atoms with Crippen molar-refractivity contribution < 1.29 is 21.2 Å². The summed E-state index contributed by atoms with van der Waals surface area (Å²) in [5.74, 6) is 0. The maximum atomic E-state index is 12.7. The summed E-state index contributed by atoms with van der Waals surface area (Å²) in [6, 6.07) is 10.0. The van der Waals surface area contributed by atoms with Gasteiger partial charge in [-0.2, -0.15) is 13.8 Å². The summed E-state index contributed by atoms with van der Waals surface area (Å²) in [5.41, 5.74) is 29.5. The molecular formula is C52H86N2Ni. The summed E-state index contributed by atoms with van der Waals surface area (Å²) in [5, 5.41) is 0. The van der Waals surface area contributed by atoms with Gasteiger partial charge in [-0.1, -0.05) is 107 Å². The molecule has 0 fully saturated rings. The predicted molar refractivity (Wildman–Crippen MR) is 243 cm³/mol. The van der Waals surface area contributed by atoms with Gasteiger partial charge in [0, 0.05) is 22.3 Å². The number of benzene rings is 2. The summed E-state index contributed by atoms with van der Waals surface area (Å²) in [6.07, 6.45) is 28.2. The molecule has 0 bridgehead atoms. The van der Waals surface area contributed by atoms with Crippen molar-refractivity contribution in [2.75, 3.05) is 0 Å². The van der Waals surface area contributed by atoms with E-state index in [1.165, 1.54) is 134 Å². The minimum absolute atomic E-state index is 0. The van der Waals surface area contributed by atoms with Gasteiger partial charge in [0.25, 0.3) is 0 Å². The van der Waals surface area contributed by atoms with Crippen LogP contribution in [0.15, 0.2) is 35.4 Å². The smallest absolute Gasteiger partial charge is 0.493 e. The van der Waals surface area contributed by atoms with E-state index < -0.39 is 0 Å². The molecule has 1 aliphatic heterocycles. The normalized spacial score (nSPS) is 12.4. The third kappa shape index (κ3) is 16.1. The first kappa shape index (κ1) is 53.0. The SMILES string of the molecule is CCCCC1=C(c2cc(CCCC)c(CCCC)c(CCCC)c2)[N+](=[N-])C(c2cc(CCCC)c(CCCC)c(CCCC)c2)=C1CCCC.[CH2-]C.[CH2-]C.[Ni+2]. The third-order valence-corrected chi connectivity index (χ3v) is 11.1. The molecule has 0 unspecified atom stereocenters. The molecule has 0 amide bonds. The van der Waals surface area contributed by atoms with Crippen LogP contribution in [0.25, 0.3) is 16.9 Å². The van der Waals surface area contributed by atoms with E-state index in [4.69, 9.17) is 0 Å². The van der Waals surface area contributed by atoms with E-state index in [1.807, 2.05) is 0 Å². The molecule has 2 aromatic rings. The molecule has 3 heteroatoms. The predicted octanol–water partition coefficient (Wildman–Crippen LogP) is 17.0. The molecular weight excluding hydrogens is 711 g/mol. The fourth-order valence-corrected chi connectivity index (χ4v) is 8.07.